The molecule has 0 spiro atoms. The molecule has 0 aliphatic carbocycles. The minimum Gasteiger partial charge on any atom is -0.462 e. The van der Waals surface area contributed by atoms with Crippen LogP contribution in [0.5, 0.6) is 0 Å². The van der Waals surface area contributed by atoms with Crippen LogP contribution >= 0.6 is 0 Å². The molecule has 390 valence electrons. The van der Waals surface area contributed by atoms with Crippen LogP contribution in [0.25, 0.3) is 0 Å². The van der Waals surface area contributed by atoms with Gasteiger partial charge in [-0.15, -0.1) is 0 Å². The molecule has 1 atom stereocenters. The minimum absolute atomic E-state index is 0.102. The van der Waals surface area contributed by atoms with Crippen LogP contribution < -0.4 is 0 Å². The predicted molar refractivity (Wildman–Crippen MR) is 297 cm³/mol. The summed E-state index contributed by atoms with van der Waals surface area (Å²) in [6, 6.07) is 0. The average Bonchev–Trinajstić information content (AvgIpc) is 3.35. The Hall–Kier alpha value is -4.19. The lowest BCUT2D eigenvalue weighted by Gasteiger charge is -2.18. The number of esters is 3. The van der Waals surface area contributed by atoms with Crippen molar-refractivity contribution >= 4 is 17.9 Å². The molecule has 69 heavy (non-hydrogen) atoms. The quantitative estimate of drug-likeness (QED) is 0.0262. The lowest BCUT2D eigenvalue weighted by Crippen LogP contribution is -2.30. The van der Waals surface area contributed by atoms with Crippen LogP contribution in [0.3, 0.4) is 0 Å². The maximum absolute atomic E-state index is 12.8. The fourth-order valence-corrected chi connectivity index (χ4v) is 7.32. The standard InChI is InChI=1S/C63H102O6/c1-4-7-10-13-16-19-22-25-26-27-28-29-30-31-32-33-34-35-36-39-41-44-47-50-53-56-62(65)68-59-60(69-63(66)57-54-51-48-45-42-38-24-21-18-15-12-9-6-3)58-67-61(64)55-52-49-46-43-40-37-23-20-17-14-11-8-5-2/h7,9-10,12,16,18-19,21,25-26,28-29,31-32,34-35,38-39,41-42,60H,4-6,8,11,13-15,17,20,22-24,27,30,33,36-37,40,43-59H2,1-3H3/b10-7-,12-9-,19-16-,21-18-,26-25-,29-28-,32-31-,35-34-,41-39-,42-38-. The van der Waals surface area contributed by atoms with Crippen molar-refractivity contribution in [1.29, 1.82) is 0 Å². The van der Waals surface area contributed by atoms with Crippen molar-refractivity contribution in [3.8, 4) is 0 Å². The van der Waals surface area contributed by atoms with Gasteiger partial charge in [0.2, 0.25) is 0 Å². The highest BCUT2D eigenvalue weighted by atomic mass is 16.6. The molecule has 6 heteroatoms. The summed E-state index contributed by atoms with van der Waals surface area (Å²) >= 11 is 0. The zero-order valence-electron chi connectivity index (χ0n) is 44.5. The van der Waals surface area contributed by atoms with E-state index in [-0.39, 0.29) is 37.5 Å². The van der Waals surface area contributed by atoms with Crippen molar-refractivity contribution in [1.82, 2.24) is 0 Å². The first-order valence-electron chi connectivity index (χ1n) is 28.0. The molecule has 0 N–H and O–H groups in total. The van der Waals surface area contributed by atoms with E-state index in [4.69, 9.17) is 14.2 Å². The predicted octanol–water partition coefficient (Wildman–Crippen LogP) is 18.9. The van der Waals surface area contributed by atoms with Gasteiger partial charge in [-0.05, 0) is 109 Å². The minimum atomic E-state index is -0.809. The van der Waals surface area contributed by atoms with Crippen LogP contribution in [-0.4, -0.2) is 37.2 Å². The molecular weight excluding hydrogens is 853 g/mol. The SMILES string of the molecule is CC/C=C\C/C=C\C/C=C\C/C=C\C/C=C\C/C=C\C/C=C\CCCCCC(=O)OCC(COC(=O)CCCCCCCCCCCCCCC)OC(=O)CCCCC/C=C\C/C=C\C/C=C\CC. The first-order chi connectivity index (χ1) is 34.0. The summed E-state index contributed by atoms with van der Waals surface area (Å²) in [5.41, 5.74) is 0. The van der Waals surface area contributed by atoms with E-state index < -0.39 is 6.10 Å². The van der Waals surface area contributed by atoms with E-state index in [0.717, 1.165) is 135 Å². The molecule has 0 heterocycles. The summed E-state index contributed by atoms with van der Waals surface area (Å²) in [6.45, 7) is 6.35. The maximum Gasteiger partial charge on any atom is 0.306 e. The van der Waals surface area contributed by atoms with Crippen molar-refractivity contribution in [3.05, 3.63) is 122 Å². The first-order valence-corrected chi connectivity index (χ1v) is 28.0. The van der Waals surface area contributed by atoms with Crippen LogP contribution in [0.4, 0.5) is 0 Å². The maximum atomic E-state index is 12.8. The van der Waals surface area contributed by atoms with Gasteiger partial charge in [-0.25, -0.2) is 0 Å². The van der Waals surface area contributed by atoms with Gasteiger partial charge in [-0.3, -0.25) is 14.4 Å². The van der Waals surface area contributed by atoms with Gasteiger partial charge in [0, 0.05) is 19.3 Å². The molecule has 0 fully saturated rings. The molecule has 0 aromatic heterocycles. The van der Waals surface area contributed by atoms with Gasteiger partial charge >= 0.3 is 17.9 Å². The van der Waals surface area contributed by atoms with Gasteiger partial charge in [-0.1, -0.05) is 232 Å². The van der Waals surface area contributed by atoms with Crippen molar-refractivity contribution in [2.75, 3.05) is 13.2 Å². The van der Waals surface area contributed by atoms with Gasteiger partial charge in [0.25, 0.3) is 0 Å². The Morgan fingerprint density at radius 1 is 0.304 bits per heavy atom. The normalized spacial score (nSPS) is 13.0. The summed E-state index contributed by atoms with van der Waals surface area (Å²) in [5.74, 6) is -0.969. The van der Waals surface area contributed by atoms with Crippen molar-refractivity contribution in [2.45, 2.75) is 245 Å². The first kappa shape index (κ1) is 64.8. The van der Waals surface area contributed by atoms with E-state index in [2.05, 4.69) is 142 Å². The van der Waals surface area contributed by atoms with Gasteiger partial charge in [-0.2, -0.15) is 0 Å². The van der Waals surface area contributed by atoms with Crippen molar-refractivity contribution in [3.63, 3.8) is 0 Å². The molecule has 0 radical (unpaired) electrons. The molecule has 0 bridgehead atoms. The lowest BCUT2D eigenvalue weighted by molar-refractivity contribution is -0.167. The van der Waals surface area contributed by atoms with Gasteiger partial charge in [0.05, 0.1) is 0 Å². The van der Waals surface area contributed by atoms with E-state index in [1.54, 1.807) is 0 Å². The van der Waals surface area contributed by atoms with Crippen molar-refractivity contribution < 1.29 is 28.6 Å². The van der Waals surface area contributed by atoms with Crippen molar-refractivity contribution in [2.24, 2.45) is 0 Å². The Kier molecular flexibility index (Phi) is 53.0. The van der Waals surface area contributed by atoms with E-state index in [1.165, 1.54) is 64.2 Å². The Bertz CT molecular complexity index is 1470. The Morgan fingerprint density at radius 3 is 0.884 bits per heavy atom. The number of allylic oxidation sites excluding steroid dienone is 20. The fraction of sp³-hybridized carbons (Fsp3) is 0.635. The zero-order chi connectivity index (χ0) is 50.0. The van der Waals surface area contributed by atoms with Crippen LogP contribution in [-0.2, 0) is 28.6 Å². The number of hydrogen-bond donors (Lipinski definition) is 0. The van der Waals surface area contributed by atoms with Crippen LogP contribution in [0.2, 0.25) is 0 Å². The third-order valence-corrected chi connectivity index (χ3v) is 11.5. The monoisotopic (exact) mass is 955 g/mol. The number of carbonyl (C=O) groups excluding carboxylic acids is 3. The van der Waals surface area contributed by atoms with E-state index in [9.17, 15) is 14.4 Å². The molecule has 0 rings (SSSR count). The third-order valence-electron chi connectivity index (χ3n) is 11.5. The Morgan fingerprint density at radius 2 is 0.565 bits per heavy atom. The number of ether oxygens (including phenoxy) is 3. The highest BCUT2D eigenvalue weighted by Gasteiger charge is 2.19. The van der Waals surface area contributed by atoms with Gasteiger partial charge in [0.15, 0.2) is 6.10 Å². The highest BCUT2D eigenvalue weighted by molar-refractivity contribution is 5.71. The lowest BCUT2D eigenvalue weighted by atomic mass is 10.0. The molecule has 0 saturated heterocycles. The van der Waals surface area contributed by atoms with E-state index in [0.29, 0.717) is 12.8 Å². The number of carbonyl (C=O) groups is 3. The number of hydrogen-bond acceptors (Lipinski definition) is 6. The summed E-state index contributed by atoms with van der Waals surface area (Å²) < 4.78 is 16.8. The molecule has 0 saturated carbocycles. The summed E-state index contributed by atoms with van der Waals surface area (Å²) in [6.07, 6.45) is 77.6. The second-order valence-electron chi connectivity index (χ2n) is 18.1. The largest absolute Gasteiger partial charge is 0.462 e. The summed E-state index contributed by atoms with van der Waals surface area (Å²) in [4.78, 5) is 38.1. The topological polar surface area (TPSA) is 78.9 Å². The fourth-order valence-electron chi connectivity index (χ4n) is 7.32. The second-order valence-corrected chi connectivity index (χ2v) is 18.1. The molecule has 0 aromatic rings. The molecule has 6 nitrogen and oxygen atoms in total. The van der Waals surface area contributed by atoms with Gasteiger partial charge < -0.3 is 14.2 Å². The second kappa shape index (κ2) is 56.4. The molecule has 1 unspecified atom stereocenters. The summed E-state index contributed by atoms with van der Waals surface area (Å²) in [7, 11) is 0. The average molecular weight is 956 g/mol. The Labute approximate surface area is 424 Å². The van der Waals surface area contributed by atoms with E-state index in [1.807, 2.05) is 0 Å². The molecule has 0 aliphatic rings. The zero-order valence-corrected chi connectivity index (χ0v) is 44.5. The van der Waals surface area contributed by atoms with Crippen LogP contribution in [0, 0.1) is 0 Å². The summed E-state index contributed by atoms with van der Waals surface area (Å²) in [5, 5.41) is 0. The number of unbranched alkanes of at least 4 members (excludes halogenated alkanes) is 18. The smallest absolute Gasteiger partial charge is 0.306 e. The molecule has 0 aliphatic heterocycles. The van der Waals surface area contributed by atoms with Gasteiger partial charge in [0.1, 0.15) is 13.2 Å². The van der Waals surface area contributed by atoms with E-state index >= 15 is 0 Å². The molecule has 0 aromatic carbocycles. The molecule has 0 amide bonds. The third kappa shape index (κ3) is 54.6. The van der Waals surface area contributed by atoms with Crippen LogP contribution in [0.15, 0.2) is 122 Å². The molecular formula is C63H102O6. The Balaban J connectivity index is 4.43. The number of rotatable bonds is 49. The highest BCUT2D eigenvalue weighted by Crippen LogP contribution is 2.14. The van der Waals surface area contributed by atoms with Crippen LogP contribution in [0.1, 0.15) is 239 Å².